The highest BCUT2D eigenvalue weighted by Gasteiger charge is 2.15. The van der Waals surface area contributed by atoms with Gasteiger partial charge in [-0.15, -0.1) is 0 Å². The van der Waals surface area contributed by atoms with Crippen LogP contribution in [0.5, 0.6) is 5.75 Å². The van der Waals surface area contributed by atoms with Crippen LogP contribution in [0.15, 0.2) is 54.6 Å². The monoisotopic (exact) mass is 432 g/mol. The molecule has 4 rings (SSSR count). The van der Waals surface area contributed by atoms with Gasteiger partial charge in [-0.3, -0.25) is 0 Å². The number of aryl methyl sites for hydroxylation is 1. The van der Waals surface area contributed by atoms with Crippen molar-refractivity contribution in [1.82, 2.24) is 9.97 Å². The lowest BCUT2D eigenvalue weighted by molar-refractivity contribution is 0.262. The lowest BCUT2D eigenvalue weighted by Crippen LogP contribution is -2.19. The first-order chi connectivity index (χ1) is 15.6. The number of nitrogens with one attached hydrogen (secondary N) is 3. The van der Waals surface area contributed by atoms with Gasteiger partial charge in [-0.2, -0.15) is 0 Å². The van der Waals surface area contributed by atoms with Gasteiger partial charge in [0, 0.05) is 36.2 Å². The molecule has 0 bridgehead atoms. The highest BCUT2D eigenvalue weighted by molar-refractivity contribution is 5.99. The number of nitrogens with zero attached hydrogens (tertiary/aromatic N) is 3. The molecule has 166 valence electrons. The third-order valence-electron chi connectivity index (χ3n) is 5.09. The Hall–Kier alpha value is -3.81. The molecule has 0 unspecified atom stereocenters. The van der Waals surface area contributed by atoms with E-state index in [2.05, 4.69) is 30.8 Å². The first-order valence-electron chi connectivity index (χ1n) is 10.9. The average Bonchev–Trinajstić information content (AvgIpc) is 3.31. The lowest BCUT2D eigenvalue weighted by Gasteiger charge is -2.18. The number of carbonyl (C=O) groups excluding carboxylic acids is 1. The van der Waals surface area contributed by atoms with Crippen molar-refractivity contribution < 1.29 is 9.53 Å². The zero-order valence-electron chi connectivity index (χ0n) is 18.4. The summed E-state index contributed by atoms with van der Waals surface area (Å²) in [5.74, 6) is 3.23. The Balaban J connectivity index is 1.34. The fourth-order valence-corrected chi connectivity index (χ4v) is 3.60. The van der Waals surface area contributed by atoms with E-state index in [1.54, 1.807) is 12.1 Å². The van der Waals surface area contributed by atoms with Crippen molar-refractivity contribution in [2.24, 2.45) is 0 Å². The molecule has 3 N–H and O–H groups in total. The summed E-state index contributed by atoms with van der Waals surface area (Å²) in [5, 5.41) is 8.97. The molecule has 3 aromatic rings. The summed E-state index contributed by atoms with van der Waals surface area (Å²) in [6.07, 6.45) is 2.40. The molecule has 0 atom stereocenters. The van der Waals surface area contributed by atoms with E-state index < -0.39 is 0 Å². The molecule has 32 heavy (non-hydrogen) atoms. The van der Waals surface area contributed by atoms with Crippen LogP contribution >= 0.6 is 0 Å². The summed E-state index contributed by atoms with van der Waals surface area (Å²) >= 11 is 0. The summed E-state index contributed by atoms with van der Waals surface area (Å²) in [7, 11) is 0. The summed E-state index contributed by atoms with van der Waals surface area (Å²) in [6, 6.07) is 16.4. The van der Waals surface area contributed by atoms with Gasteiger partial charge in [-0.25, -0.2) is 14.8 Å². The Morgan fingerprint density at radius 1 is 0.938 bits per heavy atom. The van der Waals surface area contributed by atoms with Crippen LogP contribution in [-0.2, 0) is 0 Å². The Labute approximate surface area is 188 Å². The number of benzene rings is 2. The van der Waals surface area contributed by atoms with Crippen LogP contribution in [0.4, 0.5) is 33.5 Å². The van der Waals surface area contributed by atoms with Crippen LogP contribution in [0.2, 0.25) is 0 Å². The van der Waals surface area contributed by atoms with E-state index in [9.17, 15) is 4.79 Å². The molecule has 1 aliphatic heterocycles. The van der Waals surface area contributed by atoms with Gasteiger partial charge in [-0.05, 0) is 75.2 Å². The van der Waals surface area contributed by atoms with Crippen LogP contribution in [0.1, 0.15) is 25.6 Å². The zero-order chi connectivity index (χ0) is 22.3. The van der Waals surface area contributed by atoms with Crippen LogP contribution < -0.4 is 25.6 Å². The van der Waals surface area contributed by atoms with Gasteiger partial charge in [0.15, 0.2) is 0 Å². The number of aromatic nitrogens is 2. The molecule has 0 radical (unpaired) electrons. The molecule has 2 heterocycles. The summed E-state index contributed by atoms with van der Waals surface area (Å²) in [4.78, 5) is 23.6. The predicted octanol–water partition coefficient (Wildman–Crippen LogP) is 5.17. The quantitative estimate of drug-likeness (QED) is 0.477. The lowest BCUT2D eigenvalue weighted by atomic mass is 10.2. The molecule has 1 fully saturated rings. The van der Waals surface area contributed by atoms with E-state index in [-0.39, 0.29) is 6.03 Å². The zero-order valence-corrected chi connectivity index (χ0v) is 18.4. The van der Waals surface area contributed by atoms with Crippen molar-refractivity contribution >= 4 is 34.7 Å². The molecule has 2 aromatic carbocycles. The van der Waals surface area contributed by atoms with E-state index in [4.69, 9.17) is 4.74 Å². The minimum atomic E-state index is -0.309. The maximum absolute atomic E-state index is 12.3. The molecule has 0 spiro atoms. The van der Waals surface area contributed by atoms with Crippen LogP contribution in [-0.4, -0.2) is 35.7 Å². The highest BCUT2D eigenvalue weighted by atomic mass is 16.5. The van der Waals surface area contributed by atoms with Crippen LogP contribution in [0.3, 0.4) is 0 Å². The normalized spacial score (nSPS) is 13.0. The molecule has 0 aliphatic carbocycles. The van der Waals surface area contributed by atoms with Gasteiger partial charge in [-0.1, -0.05) is 0 Å². The maximum Gasteiger partial charge on any atom is 0.323 e. The second-order valence-electron chi connectivity index (χ2n) is 7.59. The van der Waals surface area contributed by atoms with Gasteiger partial charge >= 0.3 is 6.03 Å². The van der Waals surface area contributed by atoms with Crippen molar-refractivity contribution in [3.8, 4) is 5.75 Å². The van der Waals surface area contributed by atoms with E-state index in [1.807, 2.05) is 56.3 Å². The van der Waals surface area contributed by atoms with Crippen molar-refractivity contribution in [3.63, 3.8) is 0 Å². The Kier molecular flexibility index (Phi) is 6.69. The molecule has 1 aromatic heterocycles. The molecule has 1 aliphatic rings. The fourth-order valence-electron chi connectivity index (χ4n) is 3.60. The van der Waals surface area contributed by atoms with Crippen molar-refractivity contribution in [1.29, 1.82) is 0 Å². The smallest absolute Gasteiger partial charge is 0.323 e. The van der Waals surface area contributed by atoms with E-state index in [0.29, 0.717) is 18.0 Å². The molecular weight excluding hydrogens is 404 g/mol. The number of rotatable bonds is 7. The second kappa shape index (κ2) is 10.00. The number of amides is 2. The molecule has 0 saturated carbocycles. The highest BCUT2D eigenvalue weighted by Crippen LogP contribution is 2.24. The summed E-state index contributed by atoms with van der Waals surface area (Å²) in [6.45, 7) is 6.51. The average molecular weight is 433 g/mol. The number of anilines is 5. The summed E-state index contributed by atoms with van der Waals surface area (Å²) in [5.41, 5.74) is 2.26. The van der Waals surface area contributed by atoms with E-state index >= 15 is 0 Å². The Bertz CT molecular complexity index is 1050. The number of hydrogen-bond donors (Lipinski definition) is 3. The fraction of sp³-hybridized carbons (Fsp3) is 0.292. The largest absolute Gasteiger partial charge is 0.494 e. The van der Waals surface area contributed by atoms with Crippen molar-refractivity contribution in [2.75, 3.05) is 40.5 Å². The molecule has 2 amide bonds. The van der Waals surface area contributed by atoms with E-state index in [1.165, 1.54) is 12.8 Å². The minimum Gasteiger partial charge on any atom is -0.494 e. The standard InChI is InChI=1S/C24H28N6O2/c1-3-32-21-12-10-20(11-13-21)29-24(31)28-19-8-6-18(7-9-19)27-22-16-23(26-17(2)25-22)30-14-4-5-15-30/h6-13,16H,3-5,14-15H2,1-2H3,(H,25,26,27)(H2,28,29,31). The van der Waals surface area contributed by atoms with Crippen LogP contribution in [0.25, 0.3) is 0 Å². The molecule has 1 saturated heterocycles. The number of urea groups is 1. The van der Waals surface area contributed by atoms with E-state index in [0.717, 1.165) is 42.0 Å². The van der Waals surface area contributed by atoms with Crippen molar-refractivity contribution in [2.45, 2.75) is 26.7 Å². The van der Waals surface area contributed by atoms with Crippen LogP contribution in [0, 0.1) is 6.92 Å². The minimum absolute atomic E-state index is 0.309. The first kappa shape index (κ1) is 21.4. The number of carbonyl (C=O) groups is 1. The number of ether oxygens (including phenoxy) is 1. The molecule has 8 heteroatoms. The van der Waals surface area contributed by atoms with Gasteiger partial charge in [0.2, 0.25) is 0 Å². The predicted molar refractivity (Wildman–Crippen MR) is 128 cm³/mol. The Morgan fingerprint density at radius 2 is 1.53 bits per heavy atom. The van der Waals surface area contributed by atoms with Gasteiger partial charge in [0.05, 0.1) is 6.61 Å². The van der Waals surface area contributed by atoms with Gasteiger partial charge in [0.25, 0.3) is 0 Å². The topological polar surface area (TPSA) is 91.4 Å². The third-order valence-corrected chi connectivity index (χ3v) is 5.09. The van der Waals surface area contributed by atoms with Gasteiger partial charge < -0.3 is 25.6 Å². The second-order valence-corrected chi connectivity index (χ2v) is 7.59. The molecule has 8 nitrogen and oxygen atoms in total. The SMILES string of the molecule is CCOc1ccc(NC(=O)Nc2ccc(Nc3cc(N4CCCC4)nc(C)n3)cc2)cc1. The first-order valence-corrected chi connectivity index (χ1v) is 10.9. The van der Waals surface area contributed by atoms with Crippen molar-refractivity contribution in [3.05, 3.63) is 60.4 Å². The van der Waals surface area contributed by atoms with Gasteiger partial charge in [0.1, 0.15) is 23.2 Å². The molecular formula is C24H28N6O2. The maximum atomic E-state index is 12.3. The summed E-state index contributed by atoms with van der Waals surface area (Å²) < 4.78 is 5.41. The Morgan fingerprint density at radius 3 is 2.16 bits per heavy atom. The number of hydrogen-bond acceptors (Lipinski definition) is 6. The third kappa shape index (κ3) is 5.66.